The first-order valence-electron chi connectivity index (χ1n) is 3.56. The number of nitrogens with two attached hydrogens (primary N) is 1. The Morgan fingerprint density at radius 3 is 3.17 bits per heavy atom. The number of nitrogens with one attached hydrogen (secondary N) is 2. The molecule has 0 spiro atoms. The van der Waals surface area contributed by atoms with Gasteiger partial charge in [-0.2, -0.15) is 0 Å². The molecule has 0 fully saturated rings. The highest BCUT2D eigenvalue weighted by Crippen LogP contribution is 1.99. The molecule has 0 aromatic carbocycles. The minimum atomic E-state index is -0.401. The number of carbonyl (C=O) groups excluding carboxylic acids is 1. The molecule has 0 amide bonds. The van der Waals surface area contributed by atoms with Gasteiger partial charge in [0.25, 0.3) is 0 Å². The fourth-order valence-electron chi connectivity index (χ4n) is 0.826. The molecule has 6 nitrogen and oxygen atoms in total. The summed E-state index contributed by atoms with van der Waals surface area (Å²) in [4.78, 5) is 10.9. The van der Waals surface area contributed by atoms with Gasteiger partial charge in [-0.3, -0.25) is 10.4 Å². The van der Waals surface area contributed by atoms with Crippen molar-refractivity contribution in [2.24, 2.45) is 5.73 Å². The van der Waals surface area contributed by atoms with E-state index in [1.54, 1.807) is 11.2 Å². The summed E-state index contributed by atoms with van der Waals surface area (Å²) in [5.41, 5.74) is 11.1. The van der Waals surface area contributed by atoms with Crippen LogP contribution in [0.5, 0.6) is 0 Å². The van der Waals surface area contributed by atoms with Crippen LogP contribution in [-0.2, 0) is 9.53 Å². The van der Waals surface area contributed by atoms with E-state index >= 15 is 0 Å². The van der Waals surface area contributed by atoms with E-state index in [1.807, 2.05) is 0 Å². The maximum atomic E-state index is 10.9. The third-order valence-corrected chi connectivity index (χ3v) is 1.39. The molecule has 68 valence electrons. The van der Waals surface area contributed by atoms with Gasteiger partial charge in [-0.1, -0.05) is 0 Å². The summed E-state index contributed by atoms with van der Waals surface area (Å²) in [7, 11) is 1.33. The Balaban J connectivity index is 2.47. The van der Waals surface area contributed by atoms with Crippen LogP contribution in [-0.4, -0.2) is 31.2 Å². The van der Waals surface area contributed by atoms with Crippen LogP contribution in [0.4, 0.5) is 0 Å². The lowest BCUT2D eigenvalue weighted by atomic mass is 10.5. The minimum Gasteiger partial charge on any atom is -0.464 e. The van der Waals surface area contributed by atoms with Gasteiger partial charge in [-0.05, 0) is 0 Å². The summed E-state index contributed by atoms with van der Waals surface area (Å²) in [6.45, 7) is 1.15. The number of hydrogen-bond acceptors (Lipinski definition) is 6. The molecule has 0 saturated heterocycles. The molecule has 0 radical (unpaired) electrons. The number of carbonyl (C=O) groups is 1. The molecule has 1 heterocycles. The van der Waals surface area contributed by atoms with Gasteiger partial charge in [0.15, 0.2) is 5.70 Å². The number of hydrogen-bond donors (Lipinski definition) is 3. The Hall–Kier alpha value is -1.27. The maximum Gasteiger partial charge on any atom is 0.357 e. The third-order valence-electron chi connectivity index (χ3n) is 1.39. The Morgan fingerprint density at radius 2 is 2.58 bits per heavy atom. The van der Waals surface area contributed by atoms with Gasteiger partial charge in [0.1, 0.15) is 0 Å². The van der Waals surface area contributed by atoms with E-state index < -0.39 is 5.97 Å². The van der Waals surface area contributed by atoms with E-state index in [0.717, 1.165) is 0 Å². The Labute approximate surface area is 70.3 Å². The molecule has 0 atom stereocenters. The summed E-state index contributed by atoms with van der Waals surface area (Å²) >= 11 is 0. The first-order valence-corrected chi connectivity index (χ1v) is 3.56. The molecule has 0 bridgehead atoms. The molecule has 1 rings (SSSR count). The second kappa shape index (κ2) is 3.93. The van der Waals surface area contributed by atoms with Crippen molar-refractivity contribution in [3.8, 4) is 0 Å². The van der Waals surface area contributed by atoms with Crippen molar-refractivity contribution < 1.29 is 9.53 Å². The number of hydrazine groups is 2. The Kier molecular flexibility index (Phi) is 2.89. The first kappa shape index (κ1) is 8.82. The van der Waals surface area contributed by atoms with E-state index in [9.17, 15) is 4.79 Å². The molecule has 0 aliphatic carbocycles. The third kappa shape index (κ3) is 1.86. The van der Waals surface area contributed by atoms with Crippen LogP contribution in [0, 0.1) is 0 Å². The van der Waals surface area contributed by atoms with Crippen molar-refractivity contribution in [1.29, 1.82) is 0 Å². The summed E-state index contributed by atoms with van der Waals surface area (Å²) in [6.07, 6.45) is 1.61. The van der Waals surface area contributed by atoms with Crippen LogP contribution in [0.2, 0.25) is 0 Å². The Morgan fingerprint density at radius 1 is 1.83 bits per heavy atom. The van der Waals surface area contributed by atoms with E-state index in [4.69, 9.17) is 5.73 Å². The minimum absolute atomic E-state index is 0.381. The zero-order chi connectivity index (χ0) is 8.97. The van der Waals surface area contributed by atoms with Gasteiger partial charge >= 0.3 is 5.97 Å². The van der Waals surface area contributed by atoms with Gasteiger partial charge in [-0.25, -0.2) is 4.79 Å². The summed E-state index contributed by atoms with van der Waals surface area (Å²) < 4.78 is 4.49. The fourth-order valence-corrected chi connectivity index (χ4v) is 0.826. The predicted octanol–water partition coefficient (Wildman–Crippen LogP) is -1.72. The maximum absolute atomic E-state index is 10.9. The number of ether oxygens (including phenoxy) is 1. The lowest BCUT2D eigenvalue weighted by molar-refractivity contribution is -0.136. The van der Waals surface area contributed by atoms with Crippen LogP contribution in [0.15, 0.2) is 11.9 Å². The molecule has 4 N–H and O–H groups in total. The second-order valence-electron chi connectivity index (χ2n) is 2.25. The van der Waals surface area contributed by atoms with Gasteiger partial charge < -0.3 is 10.5 Å². The summed E-state index contributed by atoms with van der Waals surface area (Å²) in [6, 6.07) is 0. The van der Waals surface area contributed by atoms with Crippen LogP contribution in [0.3, 0.4) is 0 Å². The highest BCUT2D eigenvalue weighted by Gasteiger charge is 2.16. The summed E-state index contributed by atoms with van der Waals surface area (Å²) in [5.74, 6) is -0.401. The summed E-state index contributed by atoms with van der Waals surface area (Å²) in [5, 5.41) is 1.67. The predicted molar refractivity (Wildman–Crippen MR) is 42.1 cm³/mol. The molecule has 1 aliphatic heterocycles. The van der Waals surface area contributed by atoms with Crippen LogP contribution in [0.25, 0.3) is 0 Å². The van der Waals surface area contributed by atoms with E-state index in [0.29, 0.717) is 18.8 Å². The number of esters is 1. The Bertz CT molecular complexity index is 204. The van der Waals surface area contributed by atoms with Crippen molar-refractivity contribution in [2.75, 3.05) is 20.2 Å². The standard InChI is InChI=1S/C6H12N4O2/c1-12-6(11)5-4-10(3-2-7)9-8-5/h4,8-9H,2-3,7H2,1H3. The molecule has 0 aromatic heterocycles. The number of rotatable bonds is 3. The monoisotopic (exact) mass is 172 g/mol. The van der Waals surface area contributed by atoms with Crippen molar-refractivity contribution in [2.45, 2.75) is 0 Å². The quantitative estimate of drug-likeness (QED) is 0.440. The van der Waals surface area contributed by atoms with Gasteiger partial charge in [0, 0.05) is 19.3 Å². The highest BCUT2D eigenvalue weighted by molar-refractivity contribution is 5.87. The van der Waals surface area contributed by atoms with E-state index in [2.05, 4.69) is 15.7 Å². The smallest absolute Gasteiger partial charge is 0.357 e. The fraction of sp³-hybridized carbons (Fsp3) is 0.500. The highest BCUT2D eigenvalue weighted by atomic mass is 16.5. The van der Waals surface area contributed by atoms with E-state index in [-0.39, 0.29) is 0 Å². The lowest BCUT2D eigenvalue weighted by Gasteiger charge is -2.12. The molecular weight excluding hydrogens is 160 g/mol. The largest absolute Gasteiger partial charge is 0.464 e. The van der Waals surface area contributed by atoms with Crippen molar-refractivity contribution in [3.63, 3.8) is 0 Å². The first-order chi connectivity index (χ1) is 5.77. The molecule has 0 saturated carbocycles. The molecule has 0 aromatic rings. The average molecular weight is 172 g/mol. The number of nitrogens with zero attached hydrogens (tertiary/aromatic N) is 1. The van der Waals surface area contributed by atoms with E-state index in [1.165, 1.54) is 7.11 Å². The van der Waals surface area contributed by atoms with Crippen LogP contribution >= 0.6 is 0 Å². The van der Waals surface area contributed by atoms with Crippen molar-refractivity contribution in [1.82, 2.24) is 16.0 Å². The zero-order valence-electron chi connectivity index (χ0n) is 6.83. The van der Waals surface area contributed by atoms with Crippen LogP contribution < -0.4 is 16.7 Å². The topological polar surface area (TPSA) is 79.6 Å². The molecule has 12 heavy (non-hydrogen) atoms. The number of methoxy groups -OCH3 is 1. The lowest BCUT2D eigenvalue weighted by Crippen LogP contribution is -2.39. The molecule has 0 unspecified atom stereocenters. The molecule has 1 aliphatic rings. The average Bonchev–Trinajstić information content (AvgIpc) is 2.52. The van der Waals surface area contributed by atoms with Gasteiger partial charge in [0.05, 0.1) is 7.11 Å². The van der Waals surface area contributed by atoms with Gasteiger partial charge in [0.2, 0.25) is 0 Å². The van der Waals surface area contributed by atoms with Gasteiger partial charge in [-0.15, -0.1) is 5.53 Å². The molecule has 6 heteroatoms. The van der Waals surface area contributed by atoms with Crippen LogP contribution in [0.1, 0.15) is 0 Å². The van der Waals surface area contributed by atoms with Crippen molar-refractivity contribution >= 4 is 5.97 Å². The zero-order valence-corrected chi connectivity index (χ0v) is 6.83. The second-order valence-corrected chi connectivity index (χ2v) is 2.25. The molecular formula is C6H12N4O2. The van der Waals surface area contributed by atoms with Crippen molar-refractivity contribution in [3.05, 3.63) is 11.9 Å². The SMILES string of the molecule is COC(=O)C1=CN(CCN)NN1. The normalized spacial score (nSPS) is 15.5.